The summed E-state index contributed by atoms with van der Waals surface area (Å²) < 4.78 is 12.9. The van der Waals surface area contributed by atoms with E-state index in [0.717, 1.165) is 19.6 Å². The van der Waals surface area contributed by atoms with E-state index in [9.17, 15) is 19.5 Å². The second kappa shape index (κ2) is 12.2. The lowest BCUT2D eigenvalue weighted by atomic mass is 10.0. The van der Waals surface area contributed by atoms with Gasteiger partial charge in [-0.1, -0.05) is 24.3 Å². The molecular formula is C29H23IN2O6S. The van der Waals surface area contributed by atoms with Crippen LogP contribution in [0.25, 0.3) is 6.08 Å². The Morgan fingerprint density at radius 1 is 1.15 bits per heavy atom. The molecule has 1 fully saturated rings. The number of rotatable bonds is 9. The Morgan fingerprint density at radius 2 is 1.90 bits per heavy atom. The molecule has 0 spiro atoms. The third-order valence-electron chi connectivity index (χ3n) is 5.80. The number of nitrogens with one attached hydrogen (secondary N) is 1. The Labute approximate surface area is 244 Å². The molecule has 3 aromatic carbocycles. The third-order valence-corrected chi connectivity index (χ3v) is 6.80. The van der Waals surface area contributed by atoms with Crippen LogP contribution in [-0.4, -0.2) is 35.1 Å². The summed E-state index contributed by atoms with van der Waals surface area (Å²) in [4.78, 5) is 38.8. The highest BCUT2D eigenvalue weighted by atomic mass is 127. The fourth-order valence-corrected chi connectivity index (χ4v) is 4.60. The van der Waals surface area contributed by atoms with Gasteiger partial charge in [0, 0.05) is 9.13 Å². The fraction of sp³-hybridized carbons (Fsp3) is 0.103. The van der Waals surface area contributed by atoms with Crippen LogP contribution in [0.3, 0.4) is 0 Å². The second-order valence-corrected chi connectivity index (χ2v) is 10.1. The van der Waals surface area contributed by atoms with Crippen molar-refractivity contribution in [2.75, 3.05) is 12.0 Å². The number of thiocarbonyl (C=S) groups is 1. The van der Waals surface area contributed by atoms with Gasteiger partial charge in [0.15, 0.2) is 16.6 Å². The Hall–Kier alpha value is -4.03. The number of hydrogen-bond acceptors (Lipinski definition) is 6. The van der Waals surface area contributed by atoms with Crippen LogP contribution in [-0.2, 0) is 22.6 Å². The molecule has 2 N–H and O–H groups in total. The molecule has 1 aliphatic heterocycles. The summed E-state index contributed by atoms with van der Waals surface area (Å²) in [6.45, 7) is 4.15. The monoisotopic (exact) mass is 654 g/mol. The minimum absolute atomic E-state index is 0.0230. The van der Waals surface area contributed by atoms with Gasteiger partial charge >= 0.3 is 5.97 Å². The number of carbonyl (C=O) groups is 3. The number of amides is 2. The van der Waals surface area contributed by atoms with Gasteiger partial charge in [-0.15, -0.1) is 6.58 Å². The molecular weight excluding hydrogens is 631 g/mol. The molecule has 0 radical (unpaired) electrons. The van der Waals surface area contributed by atoms with Gasteiger partial charge in [-0.05, 0) is 101 Å². The highest BCUT2D eigenvalue weighted by Gasteiger charge is 2.35. The van der Waals surface area contributed by atoms with Gasteiger partial charge in [-0.25, -0.2) is 4.79 Å². The normalized spacial score (nSPS) is 14.3. The number of allylic oxidation sites excluding steroid dienone is 1. The van der Waals surface area contributed by atoms with E-state index in [2.05, 4.69) is 34.5 Å². The molecule has 1 heterocycles. The first kappa shape index (κ1) is 28.0. The van der Waals surface area contributed by atoms with E-state index in [0.29, 0.717) is 30.1 Å². The van der Waals surface area contributed by atoms with Crippen LogP contribution in [0.1, 0.15) is 27.0 Å². The number of carboxylic acid groups (broad SMARTS) is 1. The molecule has 0 aliphatic carbocycles. The lowest BCUT2D eigenvalue weighted by molar-refractivity contribution is -0.122. The molecule has 0 aromatic heterocycles. The van der Waals surface area contributed by atoms with Crippen LogP contribution >= 0.6 is 34.8 Å². The van der Waals surface area contributed by atoms with E-state index >= 15 is 0 Å². The second-order valence-electron chi connectivity index (χ2n) is 8.43. The minimum Gasteiger partial charge on any atom is -0.493 e. The first-order valence-electron chi connectivity index (χ1n) is 11.7. The summed E-state index contributed by atoms with van der Waals surface area (Å²) in [6.07, 6.45) is 3.61. The maximum absolute atomic E-state index is 13.4. The van der Waals surface area contributed by atoms with Crippen LogP contribution in [0.5, 0.6) is 11.5 Å². The Bertz CT molecular complexity index is 1520. The summed E-state index contributed by atoms with van der Waals surface area (Å²) in [6, 6.07) is 17.2. The van der Waals surface area contributed by atoms with Crippen molar-refractivity contribution in [2.24, 2.45) is 0 Å². The topological polar surface area (TPSA) is 105 Å². The van der Waals surface area contributed by atoms with Crippen molar-refractivity contribution in [3.8, 4) is 11.5 Å². The summed E-state index contributed by atoms with van der Waals surface area (Å²) in [7, 11) is 1.51. The van der Waals surface area contributed by atoms with E-state index in [1.165, 1.54) is 37.5 Å². The Kier molecular flexibility index (Phi) is 8.77. The zero-order valence-electron chi connectivity index (χ0n) is 20.8. The van der Waals surface area contributed by atoms with Crippen molar-refractivity contribution in [3.05, 3.63) is 105 Å². The van der Waals surface area contributed by atoms with Gasteiger partial charge in [0.05, 0.1) is 18.4 Å². The van der Waals surface area contributed by atoms with Crippen molar-refractivity contribution < 1.29 is 29.0 Å². The van der Waals surface area contributed by atoms with Gasteiger partial charge in [0.25, 0.3) is 11.8 Å². The van der Waals surface area contributed by atoms with Crippen LogP contribution < -0.4 is 19.7 Å². The molecule has 2 amide bonds. The van der Waals surface area contributed by atoms with Gasteiger partial charge < -0.3 is 14.6 Å². The molecule has 0 atom stereocenters. The van der Waals surface area contributed by atoms with E-state index in [1.54, 1.807) is 18.2 Å². The van der Waals surface area contributed by atoms with Crippen LogP contribution in [0, 0.1) is 3.57 Å². The predicted octanol–water partition coefficient (Wildman–Crippen LogP) is 5.14. The van der Waals surface area contributed by atoms with Crippen molar-refractivity contribution in [3.63, 3.8) is 0 Å². The smallest absolute Gasteiger partial charge is 0.335 e. The molecule has 198 valence electrons. The highest BCUT2D eigenvalue weighted by molar-refractivity contribution is 14.1. The van der Waals surface area contributed by atoms with Crippen molar-refractivity contribution in [2.45, 2.75) is 13.0 Å². The number of anilines is 1. The third kappa shape index (κ3) is 6.35. The number of methoxy groups -OCH3 is 1. The van der Waals surface area contributed by atoms with Crippen molar-refractivity contribution in [1.29, 1.82) is 0 Å². The quantitative estimate of drug-likeness (QED) is 0.108. The van der Waals surface area contributed by atoms with Crippen LogP contribution in [0.2, 0.25) is 0 Å². The number of halogens is 1. The molecule has 1 aliphatic rings. The highest BCUT2D eigenvalue weighted by Crippen LogP contribution is 2.35. The fourth-order valence-electron chi connectivity index (χ4n) is 3.96. The average molecular weight is 654 g/mol. The first-order chi connectivity index (χ1) is 18.7. The SMILES string of the molecule is C=CCc1cc(C=C2C(=O)NC(=S)N(c3cccc(C(=O)O)c3)C2=O)cc(OC)c1OCc1ccc(I)cc1. The lowest BCUT2D eigenvalue weighted by Gasteiger charge is -2.29. The summed E-state index contributed by atoms with van der Waals surface area (Å²) in [5, 5.41) is 11.7. The van der Waals surface area contributed by atoms with Crippen LogP contribution in [0.15, 0.2) is 78.9 Å². The average Bonchev–Trinajstić information content (AvgIpc) is 2.91. The summed E-state index contributed by atoms with van der Waals surface area (Å²) in [5.74, 6) is -1.55. The molecule has 0 unspecified atom stereocenters. The molecule has 39 heavy (non-hydrogen) atoms. The minimum atomic E-state index is -1.15. The van der Waals surface area contributed by atoms with E-state index in [1.807, 2.05) is 24.3 Å². The summed E-state index contributed by atoms with van der Waals surface area (Å²) >= 11 is 7.47. The number of nitrogens with zero attached hydrogens (tertiary/aromatic N) is 1. The van der Waals surface area contributed by atoms with Crippen LogP contribution in [0.4, 0.5) is 5.69 Å². The Balaban J connectivity index is 1.70. The maximum Gasteiger partial charge on any atom is 0.335 e. The number of benzene rings is 3. The summed E-state index contributed by atoms with van der Waals surface area (Å²) in [5.41, 5.74) is 2.29. The molecule has 8 nitrogen and oxygen atoms in total. The van der Waals surface area contributed by atoms with Gasteiger partial charge in [0.1, 0.15) is 12.2 Å². The van der Waals surface area contributed by atoms with Gasteiger partial charge in [-0.2, -0.15) is 0 Å². The van der Waals surface area contributed by atoms with Crippen molar-refractivity contribution >= 4 is 69.5 Å². The Morgan fingerprint density at radius 3 is 2.56 bits per heavy atom. The number of hydrogen-bond donors (Lipinski definition) is 2. The van der Waals surface area contributed by atoms with E-state index in [4.69, 9.17) is 21.7 Å². The molecule has 0 bridgehead atoms. The largest absolute Gasteiger partial charge is 0.493 e. The molecule has 0 saturated carbocycles. The molecule has 3 aromatic rings. The zero-order chi connectivity index (χ0) is 28.1. The molecule has 10 heteroatoms. The number of carboxylic acids is 1. The van der Waals surface area contributed by atoms with E-state index in [-0.39, 0.29) is 21.9 Å². The van der Waals surface area contributed by atoms with Crippen molar-refractivity contribution in [1.82, 2.24) is 5.32 Å². The number of ether oxygens (including phenoxy) is 2. The molecule has 1 saturated heterocycles. The first-order valence-corrected chi connectivity index (χ1v) is 13.1. The standard InChI is InChI=1S/C29H23IN2O6S/c1-3-5-19-12-18(14-24(37-2)25(19)38-16-17-8-10-21(30)11-9-17)13-23-26(33)31-29(39)32(27(23)34)22-7-4-6-20(15-22)28(35)36/h3-4,6-15H,1,5,16H2,2H3,(H,35,36)(H,31,33,39). The van der Waals surface area contributed by atoms with Gasteiger partial charge in [0.2, 0.25) is 0 Å². The molecule has 4 rings (SSSR count). The maximum atomic E-state index is 13.4. The number of aromatic carboxylic acids is 1. The predicted molar refractivity (Wildman–Crippen MR) is 160 cm³/mol. The van der Waals surface area contributed by atoms with Gasteiger partial charge in [-0.3, -0.25) is 19.8 Å². The lowest BCUT2D eigenvalue weighted by Crippen LogP contribution is -2.54. The number of carbonyl (C=O) groups excluding carboxylic acids is 2. The zero-order valence-corrected chi connectivity index (χ0v) is 23.7. The van der Waals surface area contributed by atoms with E-state index < -0.39 is 17.8 Å².